The first-order chi connectivity index (χ1) is 7.22. The predicted molar refractivity (Wildman–Crippen MR) is 58.8 cm³/mol. The maximum atomic E-state index is 4.17. The van der Waals surface area contributed by atoms with Crippen molar-refractivity contribution in [2.45, 2.75) is 13.0 Å². The highest BCUT2D eigenvalue weighted by atomic mass is 32.1. The van der Waals surface area contributed by atoms with E-state index in [1.807, 2.05) is 33.4 Å². The Morgan fingerprint density at radius 3 is 2.80 bits per heavy atom. The number of aromatic nitrogens is 4. The standard InChI is InChI=1S/C9H13N5S/c1-6-9(15-13-12-6)8(10-2)7-4-11-14(3)5-7/h4-5,8,10H,1-3H3. The zero-order chi connectivity index (χ0) is 10.8. The van der Waals surface area contributed by atoms with E-state index in [1.54, 1.807) is 4.68 Å². The molecule has 15 heavy (non-hydrogen) atoms. The molecule has 0 aromatic carbocycles. The van der Waals surface area contributed by atoms with Gasteiger partial charge in [0.25, 0.3) is 0 Å². The Labute approximate surface area is 92.3 Å². The lowest BCUT2D eigenvalue weighted by atomic mass is 10.1. The third-order valence-electron chi connectivity index (χ3n) is 2.30. The van der Waals surface area contributed by atoms with Gasteiger partial charge in [0.05, 0.1) is 22.8 Å². The molecular weight excluding hydrogens is 210 g/mol. The summed E-state index contributed by atoms with van der Waals surface area (Å²) in [5, 5.41) is 11.4. The maximum Gasteiger partial charge on any atom is 0.0776 e. The Hall–Kier alpha value is -1.27. The van der Waals surface area contributed by atoms with Gasteiger partial charge in [0, 0.05) is 18.8 Å². The molecule has 0 aliphatic heterocycles. The van der Waals surface area contributed by atoms with Gasteiger partial charge in [-0.05, 0) is 25.5 Å². The minimum atomic E-state index is 0.138. The van der Waals surface area contributed by atoms with Crippen LogP contribution >= 0.6 is 11.5 Å². The lowest BCUT2D eigenvalue weighted by Crippen LogP contribution is -2.16. The van der Waals surface area contributed by atoms with Gasteiger partial charge >= 0.3 is 0 Å². The smallest absolute Gasteiger partial charge is 0.0776 e. The summed E-state index contributed by atoms with van der Waals surface area (Å²) >= 11 is 1.43. The van der Waals surface area contributed by atoms with E-state index in [9.17, 15) is 0 Å². The molecule has 2 aromatic rings. The molecule has 0 saturated carbocycles. The van der Waals surface area contributed by atoms with Crippen LogP contribution in [-0.2, 0) is 7.05 Å². The van der Waals surface area contributed by atoms with Crippen LogP contribution in [0.4, 0.5) is 0 Å². The fourth-order valence-electron chi connectivity index (χ4n) is 1.54. The fourth-order valence-corrected chi connectivity index (χ4v) is 2.32. The van der Waals surface area contributed by atoms with E-state index >= 15 is 0 Å². The number of nitrogens with zero attached hydrogens (tertiary/aromatic N) is 4. The van der Waals surface area contributed by atoms with Gasteiger partial charge < -0.3 is 5.32 Å². The van der Waals surface area contributed by atoms with Crippen molar-refractivity contribution in [3.05, 3.63) is 28.5 Å². The molecule has 6 heteroatoms. The molecule has 0 amide bonds. The van der Waals surface area contributed by atoms with Crippen LogP contribution in [0.2, 0.25) is 0 Å². The molecule has 0 fully saturated rings. The molecule has 0 radical (unpaired) electrons. The molecule has 1 unspecified atom stereocenters. The second kappa shape index (κ2) is 4.08. The highest BCUT2D eigenvalue weighted by Gasteiger charge is 2.18. The molecule has 0 aliphatic rings. The summed E-state index contributed by atoms with van der Waals surface area (Å²) in [5.74, 6) is 0. The monoisotopic (exact) mass is 223 g/mol. The average Bonchev–Trinajstić information content (AvgIpc) is 2.79. The van der Waals surface area contributed by atoms with Crippen molar-refractivity contribution in [2.24, 2.45) is 7.05 Å². The predicted octanol–water partition coefficient (Wildman–Crippen LogP) is 0.889. The summed E-state index contributed by atoms with van der Waals surface area (Å²) < 4.78 is 5.74. The summed E-state index contributed by atoms with van der Waals surface area (Å²) in [6, 6.07) is 0.138. The molecule has 2 heterocycles. The highest BCUT2D eigenvalue weighted by Crippen LogP contribution is 2.25. The van der Waals surface area contributed by atoms with Crippen molar-refractivity contribution in [2.75, 3.05) is 7.05 Å². The van der Waals surface area contributed by atoms with Gasteiger partial charge in [-0.2, -0.15) is 5.10 Å². The Kier molecular flexibility index (Phi) is 2.79. The van der Waals surface area contributed by atoms with Gasteiger partial charge in [0.15, 0.2) is 0 Å². The van der Waals surface area contributed by atoms with E-state index < -0.39 is 0 Å². The van der Waals surface area contributed by atoms with Crippen LogP contribution in [0.3, 0.4) is 0 Å². The summed E-state index contributed by atoms with van der Waals surface area (Å²) in [7, 11) is 3.84. The van der Waals surface area contributed by atoms with Crippen molar-refractivity contribution in [1.29, 1.82) is 0 Å². The first-order valence-electron chi connectivity index (χ1n) is 4.67. The first-order valence-corrected chi connectivity index (χ1v) is 5.44. The molecule has 2 rings (SSSR count). The number of hydrogen-bond acceptors (Lipinski definition) is 5. The van der Waals surface area contributed by atoms with Crippen LogP contribution in [0.15, 0.2) is 12.4 Å². The summed E-state index contributed by atoms with van der Waals surface area (Å²) in [4.78, 5) is 1.14. The van der Waals surface area contributed by atoms with Crippen LogP contribution in [0.1, 0.15) is 22.2 Å². The topological polar surface area (TPSA) is 55.6 Å². The van der Waals surface area contributed by atoms with E-state index in [0.29, 0.717) is 0 Å². The van der Waals surface area contributed by atoms with Gasteiger partial charge in [-0.3, -0.25) is 4.68 Å². The fraction of sp³-hybridized carbons (Fsp3) is 0.444. The normalized spacial score (nSPS) is 13.0. The molecule has 2 aromatic heterocycles. The van der Waals surface area contributed by atoms with E-state index in [2.05, 4.69) is 20.0 Å². The Bertz CT molecular complexity index is 447. The van der Waals surface area contributed by atoms with Gasteiger partial charge in [0.2, 0.25) is 0 Å². The molecular formula is C9H13N5S. The lowest BCUT2D eigenvalue weighted by molar-refractivity contribution is 0.695. The minimum absolute atomic E-state index is 0.138. The van der Waals surface area contributed by atoms with E-state index in [-0.39, 0.29) is 6.04 Å². The third-order valence-corrected chi connectivity index (χ3v) is 3.19. The van der Waals surface area contributed by atoms with Gasteiger partial charge in [-0.25, -0.2) is 0 Å². The number of aryl methyl sites for hydroxylation is 2. The van der Waals surface area contributed by atoms with Crippen LogP contribution in [0.25, 0.3) is 0 Å². The first kappa shape index (κ1) is 10.3. The van der Waals surface area contributed by atoms with Crippen molar-refractivity contribution in [3.8, 4) is 0 Å². The largest absolute Gasteiger partial charge is 0.308 e. The SMILES string of the molecule is CNC(c1cnn(C)c1)c1snnc1C. The van der Waals surface area contributed by atoms with Crippen molar-refractivity contribution < 1.29 is 0 Å². The molecule has 1 N–H and O–H groups in total. The summed E-state index contributed by atoms with van der Waals surface area (Å²) in [5.41, 5.74) is 2.11. The van der Waals surface area contributed by atoms with Gasteiger partial charge in [-0.15, -0.1) is 5.10 Å². The zero-order valence-electron chi connectivity index (χ0n) is 8.93. The average molecular weight is 223 g/mol. The highest BCUT2D eigenvalue weighted by molar-refractivity contribution is 7.05. The molecule has 0 saturated heterocycles. The van der Waals surface area contributed by atoms with Crippen LogP contribution in [0, 0.1) is 6.92 Å². The summed E-state index contributed by atoms with van der Waals surface area (Å²) in [6.07, 6.45) is 3.86. The lowest BCUT2D eigenvalue weighted by Gasteiger charge is -2.11. The number of nitrogens with one attached hydrogen (secondary N) is 1. The molecule has 1 atom stereocenters. The molecule has 5 nitrogen and oxygen atoms in total. The van der Waals surface area contributed by atoms with Gasteiger partial charge in [0.1, 0.15) is 0 Å². The minimum Gasteiger partial charge on any atom is -0.308 e. The maximum absolute atomic E-state index is 4.17. The van der Waals surface area contributed by atoms with E-state index in [4.69, 9.17) is 0 Å². The number of hydrogen-bond donors (Lipinski definition) is 1. The van der Waals surface area contributed by atoms with E-state index in [1.165, 1.54) is 11.5 Å². The Morgan fingerprint density at radius 1 is 1.53 bits per heavy atom. The third kappa shape index (κ3) is 1.91. The molecule has 0 aliphatic carbocycles. The van der Waals surface area contributed by atoms with Crippen LogP contribution in [-0.4, -0.2) is 26.4 Å². The molecule has 0 bridgehead atoms. The molecule has 80 valence electrons. The van der Waals surface area contributed by atoms with Crippen molar-refractivity contribution in [3.63, 3.8) is 0 Å². The van der Waals surface area contributed by atoms with Crippen molar-refractivity contribution in [1.82, 2.24) is 24.7 Å². The van der Waals surface area contributed by atoms with Crippen LogP contribution in [0.5, 0.6) is 0 Å². The summed E-state index contributed by atoms with van der Waals surface area (Å²) in [6.45, 7) is 1.97. The zero-order valence-corrected chi connectivity index (χ0v) is 9.75. The Balaban J connectivity index is 2.36. The van der Waals surface area contributed by atoms with E-state index in [0.717, 1.165) is 16.1 Å². The van der Waals surface area contributed by atoms with Gasteiger partial charge in [-0.1, -0.05) is 4.49 Å². The second-order valence-electron chi connectivity index (χ2n) is 3.39. The number of rotatable bonds is 3. The van der Waals surface area contributed by atoms with Crippen molar-refractivity contribution >= 4 is 11.5 Å². The Morgan fingerprint density at radius 2 is 2.33 bits per heavy atom. The quantitative estimate of drug-likeness (QED) is 0.839. The molecule has 0 spiro atoms. The second-order valence-corrected chi connectivity index (χ2v) is 4.18. The van der Waals surface area contributed by atoms with Crippen LogP contribution < -0.4 is 5.32 Å².